The zero-order valence-corrected chi connectivity index (χ0v) is 14.3. The van der Waals surface area contributed by atoms with E-state index in [4.69, 9.17) is 4.74 Å². The van der Waals surface area contributed by atoms with Crippen molar-refractivity contribution in [2.24, 2.45) is 16.7 Å². The van der Waals surface area contributed by atoms with Crippen LogP contribution in [0.1, 0.15) is 65.7 Å². The highest BCUT2D eigenvalue weighted by atomic mass is 79.9. The second-order valence-electron chi connectivity index (χ2n) is 7.22. The van der Waals surface area contributed by atoms with Crippen molar-refractivity contribution in [3.63, 3.8) is 0 Å². The Morgan fingerprint density at radius 2 is 1.78 bits per heavy atom. The van der Waals surface area contributed by atoms with Crippen molar-refractivity contribution in [1.82, 2.24) is 0 Å². The Labute approximate surface area is 122 Å². The molecule has 0 aromatic heterocycles. The summed E-state index contributed by atoms with van der Waals surface area (Å²) >= 11 is 3.78. The minimum atomic E-state index is 0.495. The Morgan fingerprint density at radius 1 is 1.17 bits per heavy atom. The van der Waals surface area contributed by atoms with Gasteiger partial charge in [0.2, 0.25) is 0 Å². The highest BCUT2D eigenvalue weighted by molar-refractivity contribution is 9.09. The third-order valence-electron chi connectivity index (χ3n) is 4.86. The van der Waals surface area contributed by atoms with Crippen molar-refractivity contribution in [2.75, 3.05) is 19.0 Å². The van der Waals surface area contributed by atoms with Crippen molar-refractivity contribution in [1.29, 1.82) is 0 Å². The molecule has 108 valence electrons. The maximum atomic E-state index is 5.15. The minimum Gasteiger partial charge on any atom is -0.385 e. The summed E-state index contributed by atoms with van der Waals surface area (Å²) in [5.41, 5.74) is 1.07. The van der Waals surface area contributed by atoms with Crippen molar-refractivity contribution in [2.45, 2.75) is 65.7 Å². The molecule has 1 aliphatic rings. The van der Waals surface area contributed by atoms with Crippen LogP contribution >= 0.6 is 15.9 Å². The molecule has 18 heavy (non-hydrogen) atoms. The molecule has 0 aromatic carbocycles. The Kier molecular flexibility index (Phi) is 6.67. The monoisotopic (exact) mass is 318 g/mol. The number of hydrogen-bond acceptors (Lipinski definition) is 1. The van der Waals surface area contributed by atoms with E-state index in [1.165, 1.54) is 50.3 Å². The first kappa shape index (κ1) is 16.5. The summed E-state index contributed by atoms with van der Waals surface area (Å²) in [6.07, 6.45) is 9.56. The van der Waals surface area contributed by atoms with Crippen LogP contribution in [0.15, 0.2) is 0 Å². The molecule has 1 aliphatic carbocycles. The lowest BCUT2D eigenvalue weighted by Gasteiger charge is -2.43. The van der Waals surface area contributed by atoms with Crippen LogP contribution in [0, 0.1) is 16.7 Å². The van der Waals surface area contributed by atoms with E-state index in [1.807, 2.05) is 0 Å². The Morgan fingerprint density at radius 3 is 2.22 bits per heavy atom. The molecule has 0 spiro atoms. The third-order valence-corrected chi connectivity index (χ3v) is 6.05. The Balaban J connectivity index is 2.40. The molecule has 1 saturated carbocycles. The van der Waals surface area contributed by atoms with E-state index in [0.717, 1.165) is 12.5 Å². The van der Waals surface area contributed by atoms with Crippen molar-refractivity contribution in [3.05, 3.63) is 0 Å². The molecule has 0 heterocycles. The zero-order chi connectivity index (χ0) is 13.6. The van der Waals surface area contributed by atoms with E-state index in [1.54, 1.807) is 7.11 Å². The first-order valence-corrected chi connectivity index (χ1v) is 8.61. The predicted molar refractivity (Wildman–Crippen MR) is 83.4 cm³/mol. The fourth-order valence-corrected chi connectivity index (χ4v) is 4.13. The van der Waals surface area contributed by atoms with Gasteiger partial charge in [-0.05, 0) is 55.3 Å². The molecule has 0 saturated heterocycles. The fourth-order valence-electron chi connectivity index (χ4n) is 3.29. The van der Waals surface area contributed by atoms with Crippen molar-refractivity contribution >= 4 is 15.9 Å². The van der Waals surface area contributed by atoms with E-state index < -0.39 is 0 Å². The van der Waals surface area contributed by atoms with Gasteiger partial charge in [-0.25, -0.2) is 0 Å². The van der Waals surface area contributed by atoms with Gasteiger partial charge in [-0.15, -0.1) is 0 Å². The highest BCUT2D eigenvalue weighted by Crippen LogP contribution is 2.48. The first-order valence-electron chi connectivity index (χ1n) is 7.48. The molecule has 0 amide bonds. The predicted octanol–water partition coefficient (Wildman–Crippen LogP) is 5.42. The molecule has 0 aromatic rings. The normalized spacial score (nSPS) is 29.5. The summed E-state index contributed by atoms with van der Waals surface area (Å²) in [6, 6.07) is 0. The van der Waals surface area contributed by atoms with Gasteiger partial charge >= 0.3 is 0 Å². The van der Waals surface area contributed by atoms with Crippen LogP contribution in [0.2, 0.25) is 0 Å². The number of halogens is 1. The van der Waals surface area contributed by atoms with Crippen LogP contribution < -0.4 is 0 Å². The first-order chi connectivity index (χ1) is 8.43. The fraction of sp³-hybridized carbons (Fsp3) is 1.00. The number of methoxy groups -OCH3 is 1. The molecule has 0 unspecified atom stereocenters. The summed E-state index contributed by atoms with van der Waals surface area (Å²) in [6.45, 7) is 8.12. The van der Waals surface area contributed by atoms with Crippen LogP contribution in [0.25, 0.3) is 0 Å². The smallest absolute Gasteiger partial charge is 0.0462 e. The maximum absolute atomic E-state index is 5.15. The summed E-state index contributed by atoms with van der Waals surface area (Å²) < 4.78 is 5.15. The van der Waals surface area contributed by atoms with Crippen LogP contribution in [-0.4, -0.2) is 19.0 Å². The number of hydrogen-bond donors (Lipinski definition) is 0. The summed E-state index contributed by atoms with van der Waals surface area (Å²) in [5, 5.41) is 1.18. The third kappa shape index (κ3) is 4.85. The summed E-state index contributed by atoms with van der Waals surface area (Å²) in [7, 11) is 1.80. The van der Waals surface area contributed by atoms with Crippen LogP contribution in [0.5, 0.6) is 0 Å². The van der Waals surface area contributed by atoms with E-state index in [0.29, 0.717) is 10.8 Å². The molecule has 0 radical (unpaired) electrons. The molecule has 2 heteroatoms. The van der Waals surface area contributed by atoms with Gasteiger partial charge in [0.05, 0.1) is 0 Å². The lowest BCUT2D eigenvalue weighted by atomic mass is 9.63. The molecule has 1 nitrogen and oxygen atoms in total. The van der Waals surface area contributed by atoms with Gasteiger partial charge in [0.1, 0.15) is 0 Å². The van der Waals surface area contributed by atoms with Crippen LogP contribution in [0.3, 0.4) is 0 Å². The minimum absolute atomic E-state index is 0.495. The van der Waals surface area contributed by atoms with Crippen LogP contribution in [-0.2, 0) is 4.74 Å². The molecule has 0 atom stereocenters. The van der Waals surface area contributed by atoms with Gasteiger partial charge in [0.15, 0.2) is 0 Å². The number of alkyl halides is 1. The van der Waals surface area contributed by atoms with E-state index >= 15 is 0 Å². The maximum Gasteiger partial charge on any atom is 0.0462 e. The van der Waals surface area contributed by atoms with Crippen LogP contribution in [0.4, 0.5) is 0 Å². The van der Waals surface area contributed by atoms with Gasteiger partial charge in [-0.3, -0.25) is 0 Å². The Hall–Kier alpha value is 0.440. The quantitative estimate of drug-likeness (QED) is 0.469. The van der Waals surface area contributed by atoms with E-state index in [9.17, 15) is 0 Å². The lowest BCUT2D eigenvalue weighted by molar-refractivity contribution is 0.0929. The lowest BCUT2D eigenvalue weighted by Crippen LogP contribution is -2.33. The average molecular weight is 319 g/mol. The topological polar surface area (TPSA) is 9.23 Å². The van der Waals surface area contributed by atoms with E-state index in [-0.39, 0.29) is 0 Å². The van der Waals surface area contributed by atoms with Gasteiger partial charge in [0, 0.05) is 19.0 Å². The molecule has 0 bridgehead atoms. The second kappa shape index (κ2) is 7.28. The largest absolute Gasteiger partial charge is 0.385 e. The molecular weight excluding hydrogens is 288 g/mol. The van der Waals surface area contributed by atoms with Gasteiger partial charge in [0.25, 0.3) is 0 Å². The van der Waals surface area contributed by atoms with Crippen molar-refractivity contribution < 1.29 is 4.74 Å². The number of ether oxygens (including phenoxy) is 1. The Bertz CT molecular complexity index is 224. The van der Waals surface area contributed by atoms with Gasteiger partial charge in [-0.2, -0.15) is 0 Å². The van der Waals surface area contributed by atoms with Crippen molar-refractivity contribution in [3.8, 4) is 0 Å². The standard InChI is InChI=1S/C16H31BrO/c1-15(2,3)14-7-10-16(13-17,11-8-14)9-5-6-12-18-4/h14H,5-13H2,1-4H3. The SMILES string of the molecule is COCCCCC1(CBr)CCC(C(C)(C)C)CC1. The molecule has 0 N–H and O–H groups in total. The molecule has 0 aliphatic heterocycles. The van der Waals surface area contributed by atoms with E-state index in [2.05, 4.69) is 36.7 Å². The average Bonchev–Trinajstić information content (AvgIpc) is 2.34. The number of unbranched alkanes of at least 4 members (excludes halogenated alkanes) is 1. The summed E-state index contributed by atoms with van der Waals surface area (Å²) in [5.74, 6) is 0.920. The van der Waals surface area contributed by atoms with Gasteiger partial charge in [-0.1, -0.05) is 43.1 Å². The number of rotatable bonds is 6. The molecular formula is C16H31BrO. The summed E-state index contributed by atoms with van der Waals surface area (Å²) in [4.78, 5) is 0. The second-order valence-corrected chi connectivity index (χ2v) is 7.78. The van der Waals surface area contributed by atoms with Gasteiger partial charge < -0.3 is 4.74 Å². The molecule has 1 fully saturated rings. The zero-order valence-electron chi connectivity index (χ0n) is 12.7. The molecule has 1 rings (SSSR count). The highest BCUT2D eigenvalue weighted by Gasteiger charge is 2.37.